The Kier molecular flexibility index (Phi) is 26.6. The first kappa shape index (κ1) is 30.7. The molecule has 0 atom stereocenters. The van der Waals surface area contributed by atoms with Crippen LogP contribution in [0.1, 0.15) is 0 Å². The van der Waals surface area contributed by atoms with Gasteiger partial charge in [-0.15, -0.1) is 6.58 Å². The van der Waals surface area contributed by atoms with E-state index in [1.54, 1.807) is 13.2 Å². The van der Waals surface area contributed by atoms with Gasteiger partial charge in [-0.25, -0.2) is 4.79 Å². The Bertz CT molecular complexity index is 403. The van der Waals surface area contributed by atoms with E-state index in [-0.39, 0.29) is 6.03 Å². The highest BCUT2D eigenvalue weighted by atomic mass is 16.6. The standard InChI is InChI=1S/C21H42N2O9/c1-3-4-22-21(24)23-5-6-26-9-10-28-13-14-30-17-18-32-20-19-31-16-15-29-12-11-27-8-7-25-2/h3H,1,4-20H2,2H3,(H2,22,23,24). The van der Waals surface area contributed by atoms with Crippen molar-refractivity contribution in [3.05, 3.63) is 12.7 Å². The van der Waals surface area contributed by atoms with Gasteiger partial charge < -0.3 is 48.5 Å². The molecule has 0 unspecified atom stereocenters. The predicted octanol–water partition coefficient (Wildman–Crippen LogP) is 0.234. The molecule has 0 aliphatic carbocycles. The van der Waals surface area contributed by atoms with E-state index in [1.165, 1.54) is 0 Å². The Morgan fingerprint density at radius 2 is 0.938 bits per heavy atom. The third-order valence-corrected chi connectivity index (χ3v) is 3.60. The average molecular weight is 467 g/mol. The monoisotopic (exact) mass is 466 g/mol. The predicted molar refractivity (Wildman–Crippen MR) is 119 cm³/mol. The molecule has 11 nitrogen and oxygen atoms in total. The van der Waals surface area contributed by atoms with E-state index in [1.807, 2.05) is 0 Å². The van der Waals surface area contributed by atoms with Gasteiger partial charge in [-0.05, 0) is 0 Å². The van der Waals surface area contributed by atoms with Crippen LogP contribution in [-0.4, -0.2) is 125 Å². The van der Waals surface area contributed by atoms with Gasteiger partial charge in [-0.2, -0.15) is 0 Å². The summed E-state index contributed by atoms with van der Waals surface area (Å²) in [5.41, 5.74) is 0. The number of rotatable bonds is 26. The Hall–Kier alpha value is -1.31. The highest BCUT2D eigenvalue weighted by Crippen LogP contribution is 1.85. The molecule has 0 aromatic heterocycles. The number of methoxy groups -OCH3 is 1. The van der Waals surface area contributed by atoms with E-state index in [0.29, 0.717) is 112 Å². The van der Waals surface area contributed by atoms with Crippen molar-refractivity contribution >= 4 is 6.03 Å². The topological polar surface area (TPSA) is 115 Å². The summed E-state index contributed by atoms with van der Waals surface area (Å²) in [7, 11) is 1.64. The fraction of sp³-hybridized carbons (Fsp3) is 0.857. The lowest BCUT2D eigenvalue weighted by molar-refractivity contribution is -0.0220. The third kappa shape index (κ3) is 26.7. The maximum atomic E-state index is 11.2. The van der Waals surface area contributed by atoms with Crippen molar-refractivity contribution in [2.24, 2.45) is 0 Å². The average Bonchev–Trinajstić information content (AvgIpc) is 2.80. The smallest absolute Gasteiger partial charge is 0.315 e. The van der Waals surface area contributed by atoms with Crippen molar-refractivity contribution < 1.29 is 42.7 Å². The van der Waals surface area contributed by atoms with Crippen molar-refractivity contribution in [3.8, 4) is 0 Å². The van der Waals surface area contributed by atoms with Crippen molar-refractivity contribution in [1.82, 2.24) is 10.6 Å². The maximum absolute atomic E-state index is 11.2. The van der Waals surface area contributed by atoms with Crippen LogP contribution in [0.25, 0.3) is 0 Å². The Morgan fingerprint density at radius 3 is 1.28 bits per heavy atom. The molecule has 32 heavy (non-hydrogen) atoms. The van der Waals surface area contributed by atoms with Crippen LogP contribution in [0.3, 0.4) is 0 Å². The van der Waals surface area contributed by atoms with Crippen LogP contribution in [0.5, 0.6) is 0 Å². The Morgan fingerprint density at radius 1 is 0.594 bits per heavy atom. The van der Waals surface area contributed by atoms with Crippen molar-refractivity contribution in [2.45, 2.75) is 0 Å². The van der Waals surface area contributed by atoms with Gasteiger partial charge in [0, 0.05) is 20.2 Å². The largest absolute Gasteiger partial charge is 0.382 e. The van der Waals surface area contributed by atoms with E-state index in [2.05, 4.69) is 17.2 Å². The minimum absolute atomic E-state index is 0.237. The van der Waals surface area contributed by atoms with Crippen LogP contribution in [0.2, 0.25) is 0 Å². The first-order chi connectivity index (χ1) is 15.8. The van der Waals surface area contributed by atoms with E-state index in [4.69, 9.17) is 37.9 Å². The number of carbonyl (C=O) groups is 1. The van der Waals surface area contributed by atoms with Crippen molar-refractivity contribution in [3.63, 3.8) is 0 Å². The zero-order valence-corrected chi connectivity index (χ0v) is 19.5. The molecule has 0 bridgehead atoms. The Balaban J connectivity index is 3.05. The number of carbonyl (C=O) groups excluding carboxylic acids is 1. The molecule has 0 heterocycles. The van der Waals surface area contributed by atoms with Crippen LogP contribution in [-0.2, 0) is 37.9 Å². The van der Waals surface area contributed by atoms with E-state index in [9.17, 15) is 4.79 Å². The summed E-state index contributed by atoms with van der Waals surface area (Å²) in [6.07, 6.45) is 1.61. The molecule has 0 aliphatic rings. The normalized spacial score (nSPS) is 10.9. The molecule has 0 spiro atoms. The zero-order valence-electron chi connectivity index (χ0n) is 19.5. The molecular weight excluding hydrogens is 424 g/mol. The van der Waals surface area contributed by atoms with Gasteiger partial charge in [0.25, 0.3) is 0 Å². The van der Waals surface area contributed by atoms with E-state index in [0.717, 1.165) is 0 Å². The quantitative estimate of drug-likeness (QED) is 0.137. The lowest BCUT2D eigenvalue weighted by atomic mass is 10.6. The van der Waals surface area contributed by atoms with Crippen LogP contribution in [0.15, 0.2) is 12.7 Å². The van der Waals surface area contributed by atoms with Gasteiger partial charge in [0.15, 0.2) is 0 Å². The molecular formula is C21H42N2O9. The second-order valence-corrected chi connectivity index (χ2v) is 6.20. The summed E-state index contributed by atoms with van der Waals surface area (Å²) in [6, 6.07) is -0.237. The fourth-order valence-electron chi connectivity index (χ4n) is 2.03. The van der Waals surface area contributed by atoms with Gasteiger partial charge in [-0.3, -0.25) is 0 Å². The molecule has 0 radical (unpaired) electrons. The first-order valence-corrected chi connectivity index (χ1v) is 11.0. The summed E-state index contributed by atoms with van der Waals surface area (Å²) >= 11 is 0. The van der Waals surface area contributed by atoms with Crippen LogP contribution in [0, 0.1) is 0 Å². The number of urea groups is 1. The molecule has 2 amide bonds. The van der Waals surface area contributed by atoms with E-state index >= 15 is 0 Å². The molecule has 0 rings (SSSR count). The molecule has 0 saturated heterocycles. The Labute approximate surface area is 192 Å². The summed E-state index contributed by atoms with van der Waals surface area (Å²) in [5.74, 6) is 0. The molecule has 0 aliphatic heterocycles. The summed E-state index contributed by atoms with van der Waals surface area (Å²) in [5, 5.41) is 5.28. The molecule has 0 aromatic carbocycles. The maximum Gasteiger partial charge on any atom is 0.315 e. The molecule has 0 fully saturated rings. The SMILES string of the molecule is C=CCNC(=O)NCCOCCOCCOCCOCCOCCOCCOCCOC. The lowest BCUT2D eigenvalue weighted by Crippen LogP contribution is -2.37. The molecule has 0 saturated carbocycles. The molecule has 190 valence electrons. The van der Waals surface area contributed by atoms with Crippen LogP contribution < -0.4 is 10.6 Å². The second-order valence-electron chi connectivity index (χ2n) is 6.20. The van der Waals surface area contributed by atoms with E-state index < -0.39 is 0 Å². The van der Waals surface area contributed by atoms with Gasteiger partial charge in [-0.1, -0.05) is 6.08 Å². The number of nitrogens with one attached hydrogen (secondary N) is 2. The number of hydrogen-bond donors (Lipinski definition) is 2. The van der Waals surface area contributed by atoms with Gasteiger partial charge in [0.05, 0.1) is 99.1 Å². The summed E-state index contributed by atoms with van der Waals surface area (Å²) in [4.78, 5) is 11.2. The number of ether oxygens (including phenoxy) is 8. The zero-order chi connectivity index (χ0) is 23.4. The van der Waals surface area contributed by atoms with Gasteiger partial charge in [0.2, 0.25) is 0 Å². The van der Waals surface area contributed by atoms with Gasteiger partial charge in [0.1, 0.15) is 0 Å². The van der Waals surface area contributed by atoms with Crippen molar-refractivity contribution in [1.29, 1.82) is 0 Å². The minimum Gasteiger partial charge on any atom is -0.382 e. The van der Waals surface area contributed by atoms with Gasteiger partial charge >= 0.3 is 6.03 Å². The summed E-state index contributed by atoms with van der Waals surface area (Å²) in [6.45, 7) is 12.2. The number of amides is 2. The molecule has 11 heteroatoms. The minimum atomic E-state index is -0.237. The second kappa shape index (κ2) is 27.7. The lowest BCUT2D eigenvalue weighted by Gasteiger charge is -2.09. The highest BCUT2D eigenvalue weighted by Gasteiger charge is 1.97. The molecule has 0 aromatic rings. The fourth-order valence-corrected chi connectivity index (χ4v) is 2.03. The van der Waals surface area contributed by atoms with Crippen LogP contribution in [0.4, 0.5) is 4.79 Å². The summed E-state index contributed by atoms with van der Waals surface area (Å²) < 4.78 is 42.5. The third-order valence-electron chi connectivity index (χ3n) is 3.60. The first-order valence-electron chi connectivity index (χ1n) is 11.0. The number of hydrogen-bond acceptors (Lipinski definition) is 9. The van der Waals surface area contributed by atoms with Crippen molar-refractivity contribution in [2.75, 3.05) is 119 Å². The van der Waals surface area contributed by atoms with Crippen LogP contribution >= 0.6 is 0 Å². The highest BCUT2D eigenvalue weighted by molar-refractivity contribution is 5.73. The molecule has 2 N–H and O–H groups in total.